The van der Waals surface area contributed by atoms with Crippen LogP contribution in [-0.4, -0.2) is 27.7 Å². The van der Waals surface area contributed by atoms with Gasteiger partial charge in [-0.3, -0.25) is 5.10 Å². The molecule has 0 spiro atoms. The molecule has 6 heteroatoms. The third kappa shape index (κ3) is 3.79. The summed E-state index contributed by atoms with van der Waals surface area (Å²) in [6.07, 6.45) is 4.69. The lowest BCUT2D eigenvalue weighted by atomic mass is 10.0. The van der Waals surface area contributed by atoms with E-state index in [1.807, 2.05) is 31.3 Å². The number of H-pyrrole nitrogens is 1. The van der Waals surface area contributed by atoms with E-state index < -0.39 is 0 Å². The summed E-state index contributed by atoms with van der Waals surface area (Å²) in [7, 11) is 0. The van der Waals surface area contributed by atoms with Crippen molar-refractivity contribution in [2.24, 2.45) is 5.10 Å². The largest absolute Gasteiger partial charge is 0.493 e. The lowest BCUT2D eigenvalue weighted by molar-refractivity contribution is 0.309. The van der Waals surface area contributed by atoms with Crippen LogP contribution >= 0.6 is 12.2 Å². The maximum atomic E-state index is 5.99. The third-order valence-corrected chi connectivity index (χ3v) is 4.29. The summed E-state index contributed by atoms with van der Waals surface area (Å²) in [5.74, 6) is 1.64. The number of aromatic amines is 1. The lowest BCUT2D eigenvalue weighted by Crippen LogP contribution is -2.02. The van der Waals surface area contributed by atoms with Gasteiger partial charge in [0.2, 0.25) is 4.77 Å². The molecule has 0 aliphatic carbocycles. The number of fused-ring (bicyclic) bond motifs is 1. The molecule has 0 saturated carbocycles. The molecule has 3 aromatic rings. The molecule has 1 aromatic heterocycles. The molecule has 0 bridgehead atoms. The van der Waals surface area contributed by atoms with Crippen molar-refractivity contribution < 1.29 is 4.74 Å². The standard InChI is InChI=1S/C19H22N4OS/c1-3-5-12-24-17-11-10-14-8-6-7-9-15(14)16(17)13-20-23-18(4-2)21-22-19(23)25/h6-11,13H,3-5,12H2,1-2H3,(H,22,25)/b20-13+. The van der Waals surface area contributed by atoms with Crippen LogP contribution in [-0.2, 0) is 6.42 Å². The van der Waals surface area contributed by atoms with Gasteiger partial charge in [0.05, 0.1) is 12.8 Å². The van der Waals surface area contributed by atoms with E-state index in [-0.39, 0.29) is 0 Å². The van der Waals surface area contributed by atoms with Crippen LogP contribution in [0.5, 0.6) is 5.75 Å². The van der Waals surface area contributed by atoms with Crippen molar-refractivity contribution in [1.29, 1.82) is 0 Å². The van der Waals surface area contributed by atoms with Gasteiger partial charge in [0.1, 0.15) is 5.75 Å². The normalized spacial score (nSPS) is 11.4. The molecule has 0 radical (unpaired) electrons. The molecule has 0 saturated heterocycles. The Hall–Kier alpha value is -2.47. The Morgan fingerprint density at radius 1 is 1.24 bits per heavy atom. The zero-order valence-corrected chi connectivity index (χ0v) is 15.3. The first-order valence-corrected chi connectivity index (χ1v) is 9.00. The lowest BCUT2D eigenvalue weighted by Gasteiger charge is -2.11. The van der Waals surface area contributed by atoms with Gasteiger partial charge in [-0.25, -0.2) is 0 Å². The molecule has 1 N–H and O–H groups in total. The summed E-state index contributed by atoms with van der Waals surface area (Å²) in [5.41, 5.74) is 0.958. The minimum absolute atomic E-state index is 0.488. The Balaban J connectivity index is 2.05. The second-order valence-corrected chi connectivity index (χ2v) is 6.14. The molecule has 130 valence electrons. The van der Waals surface area contributed by atoms with Crippen LogP contribution in [0, 0.1) is 4.77 Å². The fraction of sp³-hybridized carbons (Fsp3) is 0.316. The molecule has 0 unspecified atom stereocenters. The Morgan fingerprint density at radius 2 is 2.08 bits per heavy atom. The van der Waals surface area contributed by atoms with Crippen LogP contribution in [0.3, 0.4) is 0 Å². The zero-order valence-electron chi connectivity index (χ0n) is 14.5. The number of nitrogens with one attached hydrogen (secondary N) is 1. The molecule has 0 amide bonds. The molecule has 0 fully saturated rings. The van der Waals surface area contributed by atoms with Gasteiger partial charge < -0.3 is 4.74 Å². The van der Waals surface area contributed by atoms with E-state index in [1.165, 1.54) is 0 Å². The number of aryl methyl sites for hydroxylation is 1. The molecule has 0 aliphatic heterocycles. The van der Waals surface area contributed by atoms with Crippen molar-refractivity contribution in [3.05, 3.63) is 52.6 Å². The monoisotopic (exact) mass is 354 g/mol. The number of nitrogens with zero attached hydrogens (tertiary/aromatic N) is 3. The second kappa shape index (κ2) is 8.07. The minimum Gasteiger partial charge on any atom is -0.493 e. The van der Waals surface area contributed by atoms with Crippen molar-refractivity contribution in [1.82, 2.24) is 14.9 Å². The first-order chi connectivity index (χ1) is 12.2. The number of ether oxygens (including phenoxy) is 1. The van der Waals surface area contributed by atoms with Gasteiger partial charge in [0.25, 0.3) is 0 Å². The van der Waals surface area contributed by atoms with Gasteiger partial charge in [-0.2, -0.15) is 14.9 Å². The minimum atomic E-state index is 0.488. The van der Waals surface area contributed by atoms with E-state index >= 15 is 0 Å². The van der Waals surface area contributed by atoms with Crippen molar-refractivity contribution in [3.8, 4) is 5.75 Å². The fourth-order valence-electron chi connectivity index (χ4n) is 2.65. The molecule has 0 atom stereocenters. The average molecular weight is 354 g/mol. The average Bonchev–Trinajstić information content (AvgIpc) is 3.00. The predicted octanol–water partition coefficient (Wildman–Crippen LogP) is 4.72. The van der Waals surface area contributed by atoms with Crippen LogP contribution in [0.2, 0.25) is 0 Å². The zero-order chi connectivity index (χ0) is 17.6. The molecule has 0 aliphatic rings. The van der Waals surface area contributed by atoms with Gasteiger partial charge >= 0.3 is 0 Å². The molecular formula is C19H22N4OS. The van der Waals surface area contributed by atoms with Crippen molar-refractivity contribution >= 4 is 29.2 Å². The number of aromatic nitrogens is 3. The Bertz CT molecular complexity index is 942. The third-order valence-electron chi connectivity index (χ3n) is 4.02. The molecule has 1 heterocycles. The van der Waals surface area contributed by atoms with Crippen LogP contribution < -0.4 is 4.74 Å². The van der Waals surface area contributed by atoms with Crippen molar-refractivity contribution in [2.75, 3.05) is 6.61 Å². The molecule has 5 nitrogen and oxygen atoms in total. The maximum Gasteiger partial charge on any atom is 0.216 e. The van der Waals surface area contributed by atoms with Crippen LogP contribution in [0.1, 0.15) is 38.1 Å². The summed E-state index contributed by atoms with van der Waals surface area (Å²) in [6.45, 7) is 4.87. The van der Waals surface area contributed by atoms with E-state index in [2.05, 4.69) is 40.4 Å². The van der Waals surface area contributed by atoms with Gasteiger partial charge in [-0.15, -0.1) is 0 Å². The number of hydrogen-bond acceptors (Lipinski definition) is 4. The Labute approximate surface area is 152 Å². The second-order valence-electron chi connectivity index (χ2n) is 5.76. The number of hydrogen-bond donors (Lipinski definition) is 1. The maximum absolute atomic E-state index is 5.99. The van der Waals surface area contributed by atoms with Crippen LogP contribution in [0.15, 0.2) is 41.5 Å². The highest BCUT2D eigenvalue weighted by Crippen LogP contribution is 2.27. The van der Waals surface area contributed by atoms with Crippen molar-refractivity contribution in [2.45, 2.75) is 33.1 Å². The van der Waals surface area contributed by atoms with Crippen LogP contribution in [0.4, 0.5) is 0 Å². The number of unbranched alkanes of at least 4 members (excludes halogenated alkanes) is 1. The summed E-state index contributed by atoms with van der Waals surface area (Å²) in [6, 6.07) is 12.3. The highest BCUT2D eigenvalue weighted by Gasteiger charge is 2.08. The topological polar surface area (TPSA) is 55.2 Å². The summed E-state index contributed by atoms with van der Waals surface area (Å²) < 4.78 is 8.14. The van der Waals surface area contributed by atoms with E-state index in [1.54, 1.807) is 4.68 Å². The quantitative estimate of drug-likeness (QED) is 0.379. The SMILES string of the molecule is CCCCOc1ccc2ccccc2c1/C=N/n1c(CC)n[nH]c1=S. The van der Waals surface area contributed by atoms with Crippen LogP contribution in [0.25, 0.3) is 10.8 Å². The molecule has 2 aromatic carbocycles. The Morgan fingerprint density at radius 3 is 2.88 bits per heavy atom. The van der Waals surface area contributed by atoms with Gasteiger partial charge in [0, 0.05) is 12.0 Å². The van der Waals surface area contributed by atoms with E-state index in [9.17, 15) is 0 Å². The summed E-state index contributed by atoms with van der Waals surface area (Å²) in [5, 5.41) is 13.8. The first kappa shape index (κ1) is 17.4. The van der Waals surface area contributed by atoms with Crippen molar-refractivity contribution in [3.63, 3.8) is 0 Å². The van der Waals surface area contributed by atoms with Gasteiger partial charge in [-0.05, 0) is 35.5 Å². The van der Waals surface area contributed by atoms with E-state index in [0.29, 0.717) is 11.4 Å². The summed E-state index contributed by atoms with van der Waals surface area (Å²) >= 11 is 5.27. The van der Waals surface area contributed by atoms with E-state index in [4.69, 9.17) is 17.0 Å². The molecule has 3 rings (SSSR count). The van der Waals surface area contributed by atoms with Gasteiger partial charge in [0.15, 0.2) is 5.82 Å². The smallest absolute Gasteiger partial charge is 0.216 e. The number of benzene rings is 2. The fourth-order valence-corrected chi connectivity index (χ4v) is 2.85. The van der Waals surface area contributed by atoms with E-state index in [0.717, 1.165) is 47.2 Å². The summed E-state index contributed by atoms with van der Waals surface area (Å²) in [4.78, 5) is 0. The molecule has 25 heavy (non-hydrogen) atoms. The highest BCUT2D eigenvalue weighted by molar-refractivity contribution is 7.71. The number of rotatable bonds is 7. The Kier molecular flexibility index (Phi) is 5.60. The predicted molar refractivity (Wildman–Crippen MR) is 104 cm³/mol. The first-order valence-electron chi connectivity index (χ1n) is 8.59. The van der Waals surface area contributed by atoms with Gasteiger partial charge in [-0.1, -0.05) is 50.6 Å². The highest BCUT2D eigenvalue weighted by atomic mass is 32.1. The molecular weight excluding hydrogens is 332 g/mol.